The molecule has 0 heterocycles. The van der Waals surface area contributed by atoms with Crippen molar-refractivity contribution in [2.75, 3.05) is 0 Å². The summed E-state index contributed by atoms with van der Waals surface area (Å²) in [7, 11) is 0. The molecule has 2 N–H and O–H groups in total. The molecule has 0 atom stereocenters. The molecule has 4 nitrogen and oxygen atoms in total. The van der Waals surface area contributed by atoms with E-state index in [2.05, 4.69) is 0 Å². The number of carbonyl (C=O) groups is 2. The fourth-order valence-electron chi connectivity index (χ4n) is 1.97. The van der Waals surface area contributed by atoms with Crippen molar-refractivity contribution in [1.29, 1.82) is 0 Å². The van der Waals surface area contributed by atoms with Crippen LogP contribution in [-0.2, 0) is 9.59 Å². The van der Waals surface area contributed by atoms with E-state index in [4.69, 9.17) is 10.2 Å². The Hall–Kier alpha value is -2.10. The lowest BCUT2D eigenvalue weighted by Gasteiger charge is -2.11. The van der Waals surface area contributed by atoms with Crippen molar-refractivity contribution in [3.05, 3.63) is 40.5 Å². The third kappa shape index (κ3) is 2.93. The van der Waals surface area contributed by atoms with Gasteiger partial charge in [-0.15, -0.1) is 0 Å². The number of benzene rings is 1. The summed E-state index contributed by atoms with van der Waals surface area (Å²) in [5.41, 5.74) is 2.83. The highest BCUT2D eigenvalue weighted by atomic mass is 16.4. The first-order valence-electron chi connectivity index (χ1n) is 5.09. The van der Waals surface area contributed by atoms with Gasteiger partial charge in [0.05, 0.1) is 5.57 Å². The number of aryl methyl sites for hydroxylation is 3. The average Bonchev–Trinajstić information content (AvgIpc) is 2.13. The van der Waals surface area contributed by atoms with Crippen LogP contribution in [0, 0.1) is 20.8 Å². The second-order valence-corrected chi connectivity index (χ2v) is 3.98. The molecule has 0 aliphatic carbocycles. The number of hydrogen-bond donors (Lipinski definition) is 2. The van der Waals surface area contributed by atoms with Crippen LogP contribution < -0.4 is 0 Å². The van der Waals surface area contributed by atoms with Crippen molar-refractivity contribution in [3.8, 4) is 0 Å². The average molecular weight is 234 g/mol. The van der Waals surface area contributed by atoms with Gasteiger partial charge in [-0.25, -0.2) is 9.59 Å². The molecule has 0 aromatic heterocycles. The predicted octanol–water partition coefficient (Wildman–Crippen LogP) is 2.16. The maximum absolute atomic E-state index is 11.1. The standard InChI is InChI=1S/C13H14O4/c1-7-4-8(2)12(9(3)5-7)10(13(16)17)6-11(14)15/h4-6H,1-3H3,(H,14,15)(H,16,17)/b10-6-. The molecule has 0 radical (unpaired) electrons. The van der Waals surface area contributed by atoms with E-state index < -0.39 is 11.9 Å². The van der Waals surface area contributed by atoms with Crippen LogP contribution in [0.3, 0.4) is 0 Å². The molecule has 0 aliphatic heterocycles. The summed E-state index contributed by atoms with van der Waals surface area (Å²) in [6.45, 7) is 5.45. The van der Waals surface area contributed by atoms with Gasteiger partial charge in [0.15, 0.2) is 0 Å². The Morgan fingerprint density at radius 2 is 1.53 bits per heavy atom. The SMILES string of the molecule is Cc1cc(C)c(/C(=C/C(=O)O)C(=O)O)c(C)c1. The van der Waals surface area contributed by atoms with Gasteiger partial charge in [0, 0.05) is 6.08 Å². The molecule has 0 saturated carbocycles. The number of carboxylic acids is 2. The monoisotopic (exact) mass is 234 g/mol. The van der Waals surface area contributed by atoms with E-state index in [1.54, 1.807) is 13.8 Å². The third-order valence-electron chi connectivity index (χ3n) is 2.44. The van der Waals surface area contributed by atoms with Crippen molar-refractivity contribution < 1.29 is 19.8 Å². The summed E-state index contributed by atoms with van der Waals surface area (Å²) in [5.74, 6) is -2.50. The van der Waals surface area contributed by atoms with Gasteiger partial charge in [-0.2, -0.15) is 0 Å². The molecule has 0 unspecified atom stereocenters. The quantitative estimate of drug-likeness (QED) is 0.786. The minimum absolute atomic E-state index is 0.187. The fourth-order valence-corrected chi connectivity index (χ4v) is 1.97. The van der Waals surface area contributed by atoms with E-state index in [0.717, 1.165) is 22.8 Å². The van der Waals surface area contributed by atoms with Crippen molar-refractivity contribution in [2.24, 2.45) is 0 Å². The summed E-state index contributed by atoms with van der Waals surface area (Å²) < 4.78 is 0. The lowest BCUT2D eigenvalue weighted by atomic mass is 9.93. The normalized spacial score (nSPS) is 11.4. The van der Waals surface area contributed by atoms with E-state index in [9.17, 15) is 9.59 Å². The van der Waals surface area contributed by atoms with E-state index >= 15 is 0 Å². The topological polar surface area (TPSA) is 74.6 Å². The fraction of sp³-hybridized carbons (Fsp3) is 0.231. The maximum atomic E-state index is 11.1. The van der Waals surface area contributed by atoms with Crippen LogP contribution in [0.15, 0.2) is 18.2 Å². The number of hydrogen-bond acceptors (Lipinski definition) is 2. The van der Waals surface area contributed by atoms with Crippen LogP contribution in [0.4, 0.5) is 0 Å². The van der Waals surface area contributed by atoms with Gasteiger partial charge in [0.2, 0.25) is 0 Å². The van der Waals surface area contributed by atoms with Gasteiger partial charge in [0.25, 0.3) is 0 Å². The Morgan fingerprint density at radius 1 is 1.06 bits per heavy atom. The minimum Gasteiger partial charge on any atom is -0.478 e. The summed E-state index contributed by atoms with van der Waals surface area (Å²) in [6.07, 6.45) is 0.729. The van der Waals surface area contributed by atoms with Crippen molar-refractivity contribution in [1.82, 2.24) is 0 Å². The zero-order chi connectivity index (χ0) is 13.2. The number of carboxylic acid groups (broad SMARTS) is 2. The Kier molecular flexibility index (Phi) is 3.68. The van der Waals surface area contributed by atoms with E-state index in [-0.39, 0.29) is 5.57 Å². The molecule has 1 aromatic rings. The zero-order valence-corrected chi connectivity index (χ0v) is 9.94. The van der Waals surface area contributed by atoms with Crippen molar-refractivity contribution in [3.63, 3.8) is 0 Å². The third-order valence-corrected chi connectivity index (χ3v) is 2.44. The molecule has 0 spiro atoms. The van der Waals surface area contributed by atoms with Crippen LogP contribution in [0.1, 0.15) is 22.3 Å². The van der Waals surface area contributed by atoms with E-state index in [1.807, 2.05) is 19.1 Å². The second kappa shape index (κ2) is 4.82. The molecule has 90 valence electrons. The molecule has 1 aromatic carbocycles. The first-order valence-corrected chi connectivity index (χ1v) is 5.09. The smallest absolute Gasteiger partial charge is 0.336 e. The molecular formula is C13H14O4. The Balaban J connectivity index is 3.50. The molecule has 1 rings (SSSR count). The molecule has 0 fully saturated rings. The molecule has 0 aliphatic rings. The molecule has 0 saturated heterocycles. The lowest BCUT2D eigenvalue weighted by molar-refractivity contribution is -0.133. The molecule has 17 heavy (non-hydrogen) atoms. The second-order valence-electron chi connectivity index (χ2n) is 3.98. The van der Waals surface area contributed by atoms with Crippen LogP contribution >= 0.6 is 0 Å². The molecule has 0 amide bonds. The summed E-state index contributed by atoms with van der Waals surface area (Å²) in [4.78, 5) is 21.7. The first-order chi connectivity index (χ1) is 7.82. The lowest BCUT2D eigenvalue weighted by Crippen LogP contribution is -2.06. The maximum Gasteiger partial charge on any atom is 0.336 e. The van der Waals surface area contributed by atoms with Crippen LogP contribution in [-0.4, -0.2) is 22.2 Å². The highest BCUT2D eigenvalue weighted by molar-refractivity contribution is 6.20. The van der Waals surface area contributed by atoms with Gasteiger partial charge in [-0.05, 0) is 37.5 Å². The first kappa shape index (κ1) is 13.0. The molecular weight excluding hydrogens is 220 g/mol. The summed E-state index contributed by atoms with van der Waals surface area (Å²) in [6, 6.07) is 3.67. The number of aliphatic carboxylic acids is 2. The van der Waals surface area contributed by atoms with Crippen molar-refractivity contribution in [2.45, 2.75) is 20.8 Å². The number of rotatable bonds is 3. The molecule has 4 heteroatoms. The van der Waals surface area contributed by atoms with Crippen LogP contribution in [0.5, 0.6) is 0 Å². The Bertz CT molecular complexity index is 489. The van der Waals surface area contributed by atoms with Crippen LogP contribution in [0.2, 0.25) is 0 Å². The van der Waals surface area contributed by atoms with Crippen molar-refractivity contribution >= 4 is 17.5 Å². The van der Waals surface area contributed by atoms with E-state index in [0.29, 0.717) is 5.56 Å². The highest BCUT2D eigenvalue weighted by Gasteiger charge is 2.17. The summed E-state index contributed by atoms with van der Waals surface area (Å²) in [5, 5.41) is 17.8. The highest BCUT2D eigenvalue weighted by Crippen LogP contribution is 2.24. The Morgan fingerprint density at radius 3 is 1.88 bits per heavy atom. The van der Waals surface area contributed by atoms with E-state index in [1.165, 1.54) is 0 Å². The summed E-state index contributed by atoms with van der Waals surface area (Å²) >= 11 is 0. The van der Waals surface area contributed by atoms with Gasteiger partial charge in [-0.1, -0.05) is 17.7 Å². The van der Waals surface area contributed by atoms with Gasteiger partial charge in [0.1, 0.15) is 0 Å². The largest absolute Gasteiger partial charge is 0.478 e. The Labute approximate surface area is 99.2 Å². The molecule has 0 bridgehead atoms. The van der Waals surface area contributed by atoms with Gasteiger partial charge in [-0.3, -0.25) is 0 Å². The minimum atomic E-state index is -1.26. The zero-order valence-electron chi connectivity index (χ0n) is 9.94. The van der Waals surface area contributed by atoms with Gasteiger partial charge < -0.3 is 10.2 Å². The predicted molar refractivity (Wildman–Crippen MR) is 63.9 cm³/mol. The van der Waals surface area contributed by atoms with Crippen LogP contribution in [0.25, 0.3) is 5.57 Å². The van der Waals surface area contributed by atoms with Gasteiger partial charge >= 0.3 is 11.9 Å².